The molecule has 1 aromatic heterocycles. The van der Waals surface area contributed by atoms with E-state index in [2.05, 4.69) is 15.4 Å². The first-order chi connectivity index (χ1) is 15.5. The van der Waals surface area contributed by atoms with Crippen LogP contribution in [0.3, 0.4) is 0 Å². The Morgan fingerprint density at radius 1 is 1.16 bits per heavy atom. The molecule has 0 bridgehead atoms. The number of carbonyl (C=O) groups excluding carboxylic acids is 1. The number of likely N-dealkylation sites (tertiary alicyclic amines) is 1. The summed E-state index contributed by atoms with van der Waals surface area (Å²) in [5.74, 6) is -0.962. The van der Waals surface area contributed by atoms with E-state index in [9.17, 15) is 13.6 Å². The largest absolute Gasteiger partial charge is 0.497 e. The van der Waals surface area contributed by atoms with Crippen LogP contribution >= 0.6 is 0 Å². The first-order valence-electron chi connectivity index (χ1n) is 10.6. The zero-order valence-corrected chi connectivity index (χ0v) is 17.8. The van der Waals surface area contributed by atoms with Crippen LogP contribution in [0.1, 0.15) is 46.1 Å². The molecule has 2 aromatic carbocycles. The van der Waals surface area contributed by atoms with Gasteiger partial charge in [0.15, 0.2) is 11.6 Å². The highest BCUT2D eigenvalue weighted by Crippen LogP contribution is 2.28. The Morgan fingerprint density at radius 2 is 1.94 bits per heavy atom. The predicted octanol–water partition coefficient (Wildman–Crippen LogP) is 4.27. The molecule has 32 heavy (non-hydrogen) atoms. The summed E-state index contributed by atoms with van der Waals surface area (Å²) in [6.07, 6.45) is 1.87. The van der Waals surface area contributed by atoms with Crippen LogP contribution in [-0.4, -0.2) is 36.2 Å². The second-order valence-corrected chi connectivity index (χ2v) is 7.97. The topological polar surface area (TPSA) is 67.6 Å². The van der Waals surface area contributed by atoms with Crippen molar-refractivity contribution >= 4 is 5.91 Å². The van der Waals surface area contributed by atoms with Gasteiger partial charge in [-0.15, -0.1) is 0 Å². The molecule has 8 heteroatoms. The molecule has 0 radical (unpaired) electrons. The van der Waals surface area contributed by atoms with Crippen molar-refractivity contribution in [2.75, 3.05) is 20.2 Å². The minimum atomic E-state index is -0.842. The lowest BCUT2D eigenvalue weighted by molar-refractivity contribution is 0.0913. The molecule has 1 saturated heterocycles. The number of aromatic nitrogens is 1. The number of nitrogens with zero attached hydrogens (tertiary/aromatic N) is 2. The molecule has 0 spiro atoms. The third-order valence-corrected chi connectivity index (χ3v) is 5.68. The van der Waals surface area contributed by atoms with Crippen molar-refractivity contribution in [3.63, 3.8) is 0 Å². The highest BCUT2D eigenvalue weighted by molar-refractivity contribution is 5.91. The van der Waals surface area contributed by atoms with E-state index in [0.29, 0.717) is 19.6 Å². The van der Waals surface area contributed by atoms with Crippen molar-refractivity contribution < 1.29 is 22.8 Å². The number of nitrogens with one attached hydrogen (secondary N) is 1. The number of halogens is 2. The lowest BCUT2D eigenvalue weighted by atomic mass is 9.94. The molecule has 1 aliphatic rings. The maximum Gasteiger partial charge on any atom is 0.290 e. The van der Waals surface area contributed by atoms with Gasteiger partial charge in [0.25, 0.3) is 5.91 Å². The van der Waals surface area contributed by atoms with Gasteiger partial charge in [-0.3, -0.25) is 9.69 Å². The van der Waals surface area contributed by atoms with Gasteiger partial charge in [0.2, 0.25) is 5.76 Å². The molecular formula is C24H25F2N3O3. The van der Waals surface area contributed by atoms with E-state index in [4.69, 9.17) is 9.26 Å². The number of benzene rings is 2. The van der Waals surface area contributed by atoms with Gasteiger partial charge in [-0.25, -0.2) is 8.78 Å². The molecule has 1 atom stereocenters. The quantitative estimate of drug-likeness (QED) is 0.593. The Balaban J connectivity index is 1.33. The van der Waals surface area contributed by atoms with Crippen molar-refractivity contribution in [2.45, 2.75) is 31.8 Å². The second-order valence-electron chi connectivity index (χ2n) is 7.97. The fourth-order valence-corrected chi connectivity index (χ4v) is 3.94. The second kappa shape index (κ2) is 9.91. The van der Waals surface area contributed by atoms with Crippen molar-refractivity contribution in [2.24, 2.45) is 0 Å². The molecule has 0 aliphatic carbocycles. The average molecular weight is 441 g/mol. The molecule has 1 N–H and O–H groups in total. The van der Waals surface area contributed by atoms with Crippen LogP contribution in [0, 0.1) is 11.6 Å². The van der Waals surface area contributed by atoms with Crippen LogP contribution in [0.25, 0.3) is 0 Å². The minimum Gasteiger partial charge on any atom is -0.497 e. The third-order valence-electron chi connectivity index (χ3n) is 5.68. The average Bonchev–Trinajstić information content (AvgIpc) is 3.31. The van der Waals surface area contributed by atoms with Crippen molar-refractivity contribution in [3.05, 3.63) is 82.7 Å². The van der Waals surface area contributed by atoms with E-state index < -0.39 is 11.6 Å². The first-order valence-corrected chi connectivity index (χ1v) is 10.6. The number of amides is 1. The number of hydrogen-bond acceptors (Lipinski definition) is 5. The molecule has 4 rings (SSSR count). The molecule has 1 fully saturated rings. The molecule has 1 amide bonds. The van der Waals surface area contributed by atoms with Crippen LogP contribution in [0.5, 0.6) is 5.75 Å². The fraction of sp³-hybridized carbons (Fsp3) is 0.333. The van der Waals surface area contributed by atoms with Gasteiger partial charge >= 0.3 is 0 Å². The molecular weight excluding hydrogens is 416 g/mol. The summed E-state index contributed by atoms with van der Waals surface area (Å²) >= 11 is 0. The molecule has 1 aliphatic heterocycles. The minimum absolute atomic E-state index is 0.112. The first kappa shape index (κ1) is 22.0. The SMILES string of the molecule is COc1ccc(CNC(=O)c2cc(C3CCCN(Cc4ccc(F)c(F)c4)C3)no2)cc1. The fourth-order valence-electron chi connectivity index (χ4n) is 3.94. The van der Waals surface area contributed by atoms with E-state index in [-0.39, 0.29) is 17.6 Å². The van der Waals surface area contributed by atoms with Crippen LogP contribution in [-0.2, 0) is 13.1 Å². The molecule has 6 nitrogen and oxygen atoms in total. The van der Waals surface area contributed by atoms with Crippen LogP contribution in [0.4, 0.5) is 8.78 Å². The van der Waals surface area contributed by atoms with Crippen molar-refractivity contribution in [1.82, 2.24) is 15.4 Å². The van der Waals surface area contributed by atoms with E-state index >= 15 is 0 Å². The molecule has 168 valence electrons. The predicted molar refractivity (Wildman–Crippen MR) is 114 cm³/mol. The maximum atomic E-state index is 13.5. The lowest BCUT2D eigenvalue weighted by Gasteiger charge is -2.31. The number of ether oxygens (including phenoxy) is 1. The van der Waals surface area contributed by atoms with Gasteiger partial charge in [-0.05, 0) is 54.8 Å². The number of piperidine rings is 1. The lowest BCUT2D eigenvalue weighted by Crippen LogP contribution is -2.34. The van der Waals surface area contributed by atoms with Gasteiger partial charge in [-0.1, -0.05) is 23.4 Å². The summed E-state index contributed by atoms with van der Waals surface area (Å²) < 4.78 is 37.1. The Hall–Kier alpha value is -3.26. The molecule has 1 unspecified atom stereocenters. The highest BCUT2D eigenvalue weighted by atomic mass is 19.2. The summed E-state index contributed by atoms with van der Waals surface area (Å²) in [4.78, 5) is 14.6. The van der Waals surface area contributed by atoms with Crippen LogP contribution in [0.2, 0.25) is 0 Å². The van der Waals surface area contributed by atoms with Gasteiger partial charge < -0.3 is 14.6 Å². The summed E-state index contributed by atoms with van der Waals surface area (Å²) in [5.41, 5.74) is 2.40. The normalized spacial score (nSPS) is 16.7. The Kier molecular flexibility index (Phi) is 6.80. The van der Waals surface area contributed by atoms with Gasteiger partial charge in [0, 0.05) is 31.6 Å². The van der Waals surface area contributed by atoms with Crippen LogP contribution < -0.4 is 10.1 Å². The smallest absolute Gasteiger partial charge is 0.290 e. The summed E-state index contributed by atoms with van der Waals surface area (Å²) in [6.45, 7) is 2.46. The number of hydrogen-bond donors (Lipinski definition) is 1. The molecule has 0 saturated carbocycles. The van der Waals surface area contributed by atoms with Gasteiger partial charge in [0.1, 0.15) is 5.75 Å². The monoisotopic (exact) mass is 441 g/mol. The Morgan fingerprint density at radius 3 is 2.69 bits per heavy atom. The van der Waals surface area contributed by atoms with E-state index in [1.807, 2.05) is 24.3 Å². The highest BCUT2D eigenvalue weighted by Gasteiger charge is 2.25. The summed E-state index contributed by atoms with van der Waals surface area (Å²) in [6, 6.07) is 13.1. The van der Waals surface area contributed by atoms with Crippen molar-refractivity contribution in [3.8, 4) is 5.75 Å². The third kappa shape index (κ3) is 5.31. The van der Waals surface area contributed by atoms with Gasteiger partial charge in [-0.2, -0.15) is 0 Å². The molecule has 2 heterocycles. The zero-order chi connectivity index (χ0) is 22.5. The van der Waals surface area contributed by atoms with E-state index in [1.54, 1.807) is 19.2 Å². The van der Waals surface area contributed by atoms with Crippen LogP contribution in [0.15, 0.2) is 53.1 Å². The zero-order valence-electron chi connectivity index (χ0n) is 17.8. The number of rotatable bonds is 7. The number of carbonyl (C=O) groups is 1. The maximum absolute atomic E-state index is 13.5. The Labute approximate surface area is 185 Å². The van der Waals surface area contributed by atoms with E-state index in [1.165, 1.54) is 6.07 Å². The summed E-state index contributed by atoms with van der Waals surface area (Å²) in [5, 5.41) is 6.95. The Bertz CT molecular complexity index is 1070. The standard InChI is InChI=1S/C24H25F2N3O3/c1-31-19-7-4-16(5-8-19)13-27-24(30)23-12-22(28-32-23)18-3-2-10-29(15-18)14-17-6-9-20(25)21(26)11-17/h4-9,11-12,18H,2-3,10,13-15H2,1H3,(H,27,30). The van der Waals surface area contributed by atoms with Crippen molar-refractivity contribution in [1.29, 1.82) is 0 Å². The molecule has 3 aromatic rings. The number of methoxy groups -OCH3 is 1. The van der Waals surface area contributed by atoms with E-state index in [0.717, 1.165) is 48.0 Å². The summed E-state index contributed by atoms with van der Waals surface area (Å²) in [7, 11) is 1.60. The van der Waals surface area contributed by atoms with Gasteiger partial charge in [0.05, 0.1) is 12.8 Å².